The van der Waals surface area contributed by atoms with Gasteiger partial charge in [0.2, 0.25) is 0 Å². The van der Waals surface area contributed by atoms with E-state index in [1.54, 1.807) is 12.1 Å². The van der Waals surface area contributed by atoms with Gasteiger partial charge in [0.15, 0.2) is 0 Å². The number of hydrogen-bond donors (Lipinski definition) is 1. The summed E-state index contributed by atoms with van der Waals surface area (Å²) in [6.45, 7) is 4.82. The Kier molecular flexibility index (Phi) is 4.04. The van der Waals surface area contributed by atoms with Gasteiger partial charge in [-0.3, -0.25) is 4.68 Å². The van der Waals surface area contributed by atoms with E-state index in [9.17, 15) is 5.11 Å². The molecule has 1 unspecified atom stereocenters. The zero-order chi connectivity index (χ0) is 13.1. The van der Waals surface area contributed by atoms with E-state index in [0.29, 0.717) is 11.4 Å². The number of aryl methyl sites for hydroxylation is 2. The molecule has 2 rings (SSSR count). The zero-order valence-electron chi connectivity index (χ0n) is 10.6. The molecule has 0 fully saturated rings. The molecule has 1 N–H and O–H groups in total. The van der Waals surface area contributed by atoms with Crippen LogP contribution in [-0.2, 0) is 13.0 Å². The van der Waals surface area contributed by atoms with E-state index < -0.39 is 6.10 Å². The number of hydrogen-bond acceptors (Lipinski definition) is 2. The molecule has 0 radical (unpaired) electrons. The molecule has 96 valence electrons. The van der Waals surface area contributed by atoms with Crippen molar-refractivity contribution in [2.75, 3.05) is 0 Å². The minimum atomic E-state index is -0.524. The van der Waals surface area contributed by atoms with E-state index in [0.717, 1.165) is 23.5 Å². The monoisotopic (exact) mass is 264 g/mol. The number of rotatable bonds is 4. The largest absolute Gasteiger partial charge is 0.388 e. The minimum Gasteiger partial charge on any atom is -0.388 e. The SMILES string of the molecule is CCn1nc(C)cc1CC(O)c1ccc(Cl)cc1. The van der Waals surface area contributed by atoms with Crippen LogP contribution in [0.15, 0.2) is 30.3 Å². The molecule has 0 aliphatic carbocycles. The first-order valence-electron chi connectivity index (χ1n) is 6.07. The number of aliphatic hydroxyl groups is 1. The molecule has 18 heavy (non-hydrogen) atoms. The van der Waals surface area contributed by atoms with Crippen LogP contribution < -0.4 is 0 Å². The third-order valence-corrected chi connectivity index (χ3v) is 3.19. The summed E-state index contributed by atoms with van der Waals surface area (Å²) in [7, 11) is 0. The molecule has 1 heterocycles. The summed E-state index contributed by atoms with van der Waals surface area (Å²) in [5, 5.41) is 15.3. The van der Waals surface area contributed by atoms with Crippen LogP contribution in [0.4, 0.5) is 0 Å². The van der Waals surface area contributed by atoms with Crippen molar-refractivity contribution < 1.29 is 5.11 Å². The molecule has 1 atom stereocenters. The van der Waals surface area contributed by atoms with Gasteiger partial charge >= 0.3 is 0 Å². The predicted octanol–water partition coefficient (Wildman–Crippen LogP) is 3.14. The number of benzene rings is 1. The summed E-state index contributed by atoms with van der Waals surface area (Å²) < 4.78 is 1.93. The molecule has 1 aromatic heterocycles. The van der Waals surface area contributed by atoms with Crippen LogP contribution in [0.25, 0.3) is 0 Å². The third kappa shape index (κ3) is 2.92. The van der Waals surface area contributed by atoms with Gasteiger partial charge in [0.05, 0.1) is 11.8 Å². The van der Waals surface area contributed by atoms with Crippen molar-refractivity contribution in [2.24, 2.45) is 0 Å². The maximum absolute atomic E-state index is 10.2. The number of halogens is 1. The molecule has 0 aliphatic heterocycles. The zero-order valence-corrected chi connectivity index (χ0v) is 11.4. The van der Waals surface area contributed by atoms with Gasteiger partial charge in [-0.2, -0.15) is 5.10 Å². The Labute approximate surface area is 112 Å². The van der Waals surface area contributed by atoms with E-state index in [1.165, 1.54) is 0 Å². The molecule has 3 nitrogen and oxygen atoms in total. The first-order chi connectivity index (χ1) is 8.60. The maximum Gasteiger partial charge on any atom is 0.0845 e. The van der Waals surface area contributed by atoms with Crippen LogP contribution in [0.5, 0.6) is 0 Å². The van der Waals surface area contributed by atoms with Gasteiger partial charge in [-0.1, -0.05) is 23.7 Å². The van der Waals surface area contributed by atoms with Gasteiger partial charge in [0.25, 0.3) is 0 Å². The van der Waals surface area contributed by atoms with Gasteiger partial charge in [-0.15, -0.1) is 0 Å². The number of aromatic nitrogens is 2. The molecule has 0 spiro atoms. The fourth-order valence-corrected chi connectivity index (χ4v) is 2.16. The molecule has 0 saturated carbocycles. The van der Waals surface area contributed by atoms with Gasteiger partial charge in [-0.05, 0) is 37.6 Å². The third-order valence-electron chi connectivity index (χ3n) is 2.94. The predicted molar refractivity (Wildman–Crippen MR) is 72.8 cm³/mol. The Hall–Kier alpha value is -1.32. The van der Waals surface area contributed by atoms with Crippen molar-refractivity contribution in [1.82, 2.24) is 9.78 Å². The topological polar surface area (TPSA) is 38.0 Å². The van der Waals surface area contributed by atoms with Crippen molar-refractivity contribution in [2.45, 2.75) is 32.9 Å². The average Bonchev–Trinajstić information content (AvgIpc) is 2.70. The van der Waals surface area contributed by atoms with E-state index >= 15 is 0 Å². The smallest absolute Gasteiger partial charge is 0.0845 e. The average molecular weight is 265 g/mol. The van der Waals surface area contributed by atoms with Crippen LogP contribution in [0, 0.1) is 6.92 Å². The summed E-state index contributed by atoms with van der Waals surface area (Å²) in [4.78, 5) is 0. The summed E-state index contributed by atoms with van der Waals surface area (Å²) >= 11 is 5.83. The normalized spacial score (nSPS) is 12.7. The Balaban J connectivity index is 2.15. The summed E-state index contributed by atoms with van der Waals surface area (Å²) in [5.41, 5.74) is 2.91. The van der Waals surface area contributed by atoms with E-state index in [4.69, 9.17) is 11.6 Å². The lowest BCUT2D eigenvalue weighted by atomic mass is 10.0. The summed E-state index contributed by atoms with van der Waals surface area (Å²) in [6.07, 6.45) is 0.0414. The summed E-state index contributed by atoms with van der Waals surface area (Å²) in [6, 6.07) is 9.31. The van der Waals surface area contributed by atoms with E-state index in [-0.39, 0.29) is 0 Å². The highest BCUT2D eigenvalue weighted by molar-refractivity contribution is 6.30. The fraction of sp³-hybridized carbons (Fsp3) is 0.357. The second kappa shape index (κ2) is 5.55. The lowest BCUT2D eigenvalue weighted by Gasteiger charge is -2.12. The van der Waals surface area contributed by atoms with E-state index in [1.807, 2.05) is 36.7 Å². The molecule has 0 saturated heterocycles. The fourth-order valence-electron chi connectivity index (χ4n) is 2.04. The second-order valence-electron chi connectivity index (χ2n) is 4.36. The summed E-state index contributed by atoms with van der Waals surface area (Å²) in [5.74, 6) is 0. The van der Waals surface area contributed by atoms with Gasteiger partial charge in [-0.25, -0.2) is 0 Å². The van der Waals surface area contributed by atoms with Crippen molar-refractivity contribution >= 4 is 11.6 Å². The van der Waals surface area contributed by atoms with Crippen LogP contribution >= 0.6 is 11.6 Å². The van der Waals surface area contributed by atoms with Crippen LogP contribution in [-0.4, -0.2) is 14.9 Å². The quantitative estimate of drug-likeness (QED) is 0.921. The molecule has 2 aromatic rings. The second-order valence-corrected chi connectivity index (χ2v) is 4.80. The standard InChI is InChI=1S/C14H17ClN2O/c1-3-17-13(8-10(2)16-17)9-14(18)11-4-6-12(15)7-5-11/h4-8,14,18H,3,9H2,1-2H3. The first kappa shape index (κ1) is 13.1. The number of aliphatic hydroxyl groups excluding tert-OH is 1. The van der Waals surface area contributed by atoms with E-state index in [2.05, 4.69) is 5.10 Å². The highest BCUT2D eigenvalue weighted by Crippen LogP contribution is 2.20. The Morgan fingerprint density at radius 3 is 2.61 bits per heavy atom. The van der Waals surface area contributed by atoms with Crippen molar-refractivity contribution in [3.05, 3.63) is 52.3 Å². The molecular formula is C14H17ClN2O. The van der Waals surface area contributed by atoms with Crippen LogP contribution in [0.2, 0.25) is 5.02 Å². The molecule has 0 amide bonds. The highest BCUT2D eigenvalue weighted by atomic mass is 35.5. The van der Waals surface area contributed by atoms with Crippen molar-refractivity contribution in [1.29, 1.82) is 0 Å². The molecule has 1 aromatic carbocycles. The van der Waals surface area contributed by atoms with Crippen LogP contribution in [0.1, 0.15) is 30.0 Å². The van der Waals surface area contributed by atoms with Crippen molar-refractivity contribution in [3.63, 3.8) is 0 Å². The maximum atomic E-state index is 10.2. The van der Waals surface area contributed by atoms with Crippen LogP contribution in [0.3, 0.4) is 0 Å². The first-order valence-corrected chi connectivity index (χ1v) is 6.44. The molecule has 4 heteroatoms. The van der Waals surface area contributed by atoms with Crippen molar-refractivity contribution in [3.8, 4) is 0 Å². The highest BCUT2D eigenvalue weighted by Gasteiger charge is 2.12. The Morgan fingerprint density at radius 1 is 1.33 bits per heavy atom. The number of nitrogens with zero attached hydrogens (tertiary/aromatic N) is 2. The lowest BCUT2D eigenvalue weighted by molar-refractivity contribution is 0.175. The van der Waals surface area contributed by atoms with Gasteiger partial charge < -0.3 is 5.11 Å². The molecule has 0 bridgehead atoms. The Bertz CT molecular complexity index is 519. The lowest BCUT2D eigenvalue weighted by Crippen LogP contribution is -2.08. The Morgan fingerprint density at radius 2 is 2.00 bits per heavy atom. The molecule has 0 aliphatic rings. The molecular weight excluding hydrogens is 248 g/mol. The van der Waals surface area contributed by atoms with Gasteiger partial charge in [0, 0.05) is 23.7 Å². The van der Waals surface area contributed by atoms with Gasteiger partial charge in [0.1, 0.15) is 0 Å². The minimum absolute atomic E-state index is 0.524.